The van der Waals surface area contributed by atoms with E-state index in [0.29, 0.717) is 5.56 Å². The van der Waals surface area contributed by atoms with Crippen LogP contribution in [0, 0.1) is 0 Å². The number of para-hydroxylation sites is 1. The highest BCUT2D eigenvalue weighted by Crippen LogP contribution is 2.36. The lowest BCUT2D eigenvalue weighted by Crippen LogP contribution is -2.52. The van der Waals surface area contributed by atoms with Crippen molar-refractivity contribution in [3.63, 3.8) is 0 Å². The Labute approximate surface area is 173 Å². The number of hydrogen-bond acceptors (Lipinski definition) is 5. The van der Waals surface area contributed by atoms with Gasteiger partial charge in [-0.05, 0) is 37.5 Å². The number of aromatic nitrogens is 4. The second-order valence-electron chi connectivity index (χ2n) is 8.11. The van der Waals surface area contributed by atoms with Gasteiger partial charge >= 0.3 is 0 Å². The van der Waals surface area contributed by atoms with Crippen LogP contribution in [0.4, 0.5) is 5.82 Å². The van der Waals surface area contributed by atoms with Crippen LogP contribution in [0.3, 0.4) is 0 Å². The SMILES string of the molecule is O=C(c1cnc2ccccc2c1)N1CCC[C@@H]2[C@H]1CCN2c1ncnc2[nH]ccc12. The van der Waals surface area contributed by atoms with Gasteiger partial charge in [-0.3, -0.25) is 9.78 Å². The van der Waals surface area contributed by atoms with E-state index in [9.17, 15) is 4.79 Å². The number of aromatic amines is 1. The lowest BCUT2D eigenvalue weighted by molar-refractivity contribution is 0.0608. The van der Waals surface area contributed by atoms with Gasteiger partial charge in [-0.2, -0.15) is 0 Å². The number of carbonyl (C=O) groups excluding carboxylic acids is 1. The molecule has 0 aliphatic carbocycles. The molecule has 4 aromatic rings. The Bertz CT molecular complexity index is 1250. The van der Waals surface area contributed by atoms with Crippen molar-refractivity contribution in [2.45, 2.75) is 31.3 Å². The number of likely N-dealkylation sites (tertiary alicyclic amines) is 1. The molecule has 0 bridgehead atoms. The van der Waals surface area contributed by atoms with Crippen LogP contribution in [0.2, 0.25) is 0 Å². The topological polar surface area (TPSA) is 78.0 Å². The van der Waals surface area contributed by atoms with Crippen LogP contribution in [-0.2, 0) is 0 Å². The summed E-state index contributed by atoms with van der Waals surface area (Å²) in [6, 6.07) is 12.4. The maximum absolute atomic E-state index is 13.4. The van der Waals surface area contributed by atoms with Gasteiger partial charge in [0.2, 0.25) is 0 Å². The third kappa shape index (κ3) is 2.65. The van der Waals surface area contributed by atoms with Crippen molar-refractivity contribution in [3.05, 3.63) is 60.7 Å². The molecule has 0 saturated carbocycles. The zero-order valence-corrected chi connectivity index (χ0v) is 16.5. The van der Waals surface area contributed by atoms with E-state index in [1.807, 2.05) is 42.6 Å². The summed E-state index contributed by atoms with van der Waals surface area (Å²) >= 11 is 0. The van der Waals surface area contributed by atoms with E-state index in [2.05, 4.69) is 29.7 Å². The predicted octanol–water partition coefficient (Wildman–Crippen LogP) is 3.39. The highest BCUT2D eigenvalue weighted by molar-refractivity contribution is 5.97. The smallest absolute Gasteiger partial charge is 0.255 e. The first kappa shape index (κ1) is 17.4. The standard InChI is InChI=1S/C23H22N6O/c30-23(16-12-15-4-1-2-5-18(15)25-13-16)29-10-3-6-19-20(29)8-11-28(19)22-17-7-9-24-21(17)26-14-27-22/h1-2,4-5,7,9,12-14,19-20H,3,6,8,10-11H2,(H,24,26,27)/t19-,20-/m1/s1. The van der Waals surface area contributed by atoms with Crippen LogP contribution in [-0.4, -0.2) is 55.9 Å². The molecule has 2 saturated heterocycles. The van der Waals surface area contributed by atoms with Crippen molar-refractivity contribution in [1.29, 1.82) is 0 Å². The average molecular weight is 398 g/mol. The molecular weight excluding hydrogens is 376 g/mol. The molecule has 1 amide bonds. The number of hydrogen-bond donors (Lipinski definition) is 1. The van der Waals surface area contributed by atoms with Crippen LogP contribution in [0.5, 0.6) is 0 Å². The second-order valence-corrected chi connectivity index (χ2v) is 8.11. The number of H-pyrrole nitrogens is 1. The molecule has 2 fully saturated rings. The van der Waals surface area contributed by atoms with Crippen LogP contribution >= 0.6 is 0 Å². The van der Waals surface area contributed by atoms with Gasteiger partial charge in [-0.15, -0.1) is 0 Å². The molecule has 7 nitrogen and oxygen atoms in total. The summed E-state index contributed by atoms with van der Waals surface area (Å²) in [5, 5.41) is 2.04. The summed E-state index contributed by atoms with van der Waals surface area (Å²) in [7, 11) is 0. The van der Waals surface area contributed by atoms with Crippen molar-refractivity contribution >= 4 is 33.7 Å². The number of carbonyl (C=O) groups is 1. The molecular formula is C23H22N6O. The molecule has 2 aliphatic rings. The van der Waals surface area contributed by atoms with Gasteiger partial charge in [0.1, 0.15) is 17.8 Å². The molecule has 0 radical (unpaired) electrons. The molecule has 0 unspecified atom stereocenters. The van der Waals surface area contributed by atoms with E-state index < -0.39 is 0 Å². The summed E-state index contributed by atoms with van der Waals surface area (Å²) < 4.78 is 0. The highest BCUT2D eigenvalue weighted by atomic mass is 16.2. The van der Waals surface area contributed by atoms with Crippen molar-refractivity contribution in [2.75, 3.05) is 18.0 Å². The molecule has 6 rings (SSSR count). The van der Waals surface area contributed by atoms with Gasteiger partial charge < -0.3 is 14.8 Å². The third-order valence-electron chi connectivity index (χ3n) is 6.51. The van der Waals surface area contributed by atoms with E-state index in [1.165, 1.54) is 0 Å². The minimum absolute atomic E-state index is 0.0827. The largest absolute Gasteiger partial charge is 0.351 e. The zero-order valence-electron chi connectivity index (χ0n) is 16.5. The molecule has 2 atom stereocenters. The van der Waals surface area contributed by atoms with Gasteiger partial charge in [-0.25, -0.2) is 9.97 Å². The van der Waals surface area contributed by atoms with Crippen LogP contribution < -0.4 is 4.90 Å². The maximum atomic E-state index is 13.4. The molecule has 2 aliphatic heterocycles. The fourth-order valence-electron chi connectivity index (χ4n) is 5.14. The Morgan fingerprint density at radius 2 is 1.97 bits per heavy atom. The minimum atomic E-state index is 0.0827. The number of rotatable bonds is 2. The Kier molecular flexibility index (Phi) is 3.94. The normalized spacial score (nSPS) is 21.3. The number of nitrogens with one attached hydrogen (secondary N) is 1. The number of amides is 1. The summed E-state index contributed by atoms with van der Waals surface area (Å²) in [5.41, 5.74) is 2.44. The van der Waals surface area contributed by atoms with Crippen molar-refractivity contribution in [3.8, 4) is 0 Å². The monoisotopic (exact) mass is 398 g/mol. The molecule has 0 spiro atoms. The molecule has 30 heavy (non-hydrogen) atoms. The van der Waals surface area contributed by atoms with E-state index in [0.717, 1.165) is 60.1 Å². The van der Waals surface area contributed by atoms with Gasteiger partial charge in [0.25, 0.3) is 5.91 Å². The molecule has 1 N–H and O–H groups in total. The Balaban J connectivity index is 1.31. The average Bonchev–Trinajstić information content (AvgIpc) is 3.45. The number of nitrogens with zero attached hydrogens (tertiary/aromatic N) is 5. The van der Waals surface area contributed by atoms with E-state index in [-0.39, 0.29) is 18.0 Å². The van der Waals surface area contributed by atoms with Crippen molar-refractivity contribution < 1.29 is 4.79 Å². The van der Waals surface area contributed by atoms with Crippen LogP contribution in [0.1, 0.15) is 29.6 Å². The van der Waals surface area contributed by atoms with Crippen LogP contribution in [0.25, 0.3) is 21.9 Å². The van der Waals surface area contributed by atoms with Crippen molar-refractivity contribution in [1.82, 2.24) is 24.8 Å². The second kappa shape index (κ2) is 6.79. The number of pyridine rings is 1. The van der Waals surface area contributed by atoms with Gasteiger partial charge in [0.05, 0.1) is 28.6 Å². The Morgan fingerprint density at radius 3 is 2.93 bits per heavy atom. The molecule has 7 heteroatoms. The molecule has 5 heterocycles. The fraction of sp³-hybridized carbons (Fsp3) is 0.304. The Hall–Kier alpha value is -3.48. The van der Waals surface area contributed by atoms with Crippen molar-refractivity contribution in [2.24, 2.45) is 0 Å². The number of benzene rings is 1. The first-order valence-electron chi connectivity index (χ1n) is 10.5. The third-order valence-corrected chi connectivity index (χ3v) is 6.51. The Morgan fingerprint density at radius 1 is 1.03 bits per heavy atom. The molecule has 1 aromatic carbocycles. The highest BCUT2D eigenvalue weighted by Gasteiger charge is 2.43. The van der Waals surface area contributed by atoms with Gasteiger partial charge in [0, 0.05) is 30.9 Å². The molecule has 3 aromatic heterocycles. The number of anilines is 1. The lowest BCUT2D eigenvalue weighted by atomic mass is 9.95. The maximum Gasteiger partial charge on any atom is 0.255 e. The van der Waals surface area contributed by atoms with Gasteiger partial charge in [0.15, 0.2) is 0 Å². The fourth-order valence-corrected chi connectivity index (χ4v) is 5.14. The quantitative estimate of drug-likeness (QED) is 0.560. The van der Waals surface area contributed by atoms with E-state index >= 15 is 0 Å². The van der Waals surface area contributed by atoms with Gasteiger partial charge in [-0.1, -0.05) is 18.2 Å². The summed E-state index contributed by atoms with van der Waals surface area (Å²) in [5.74, 6) is 1.05. The summed E-state index contributed by atoms with van der Waals surface area (Å²) in [6.07, 6.45) is 8.25. The lowest BCUT2D eigenvalue weighted by Gasteiger charge is -2.40. The number of piperidine rings is 1. The predicted molar refractivity (Wildman–Crippen MR) is 115 cm³/mol. The molecule has 150 valence electrons. The minimum Gasteiger partial charge on any atom is -0.351 e. The summed E-state index contributed by atoms with van der Waals surface area (Å²) in [4.78, 5) is 34.5. The van der Waals surface area contributed by atoms with E-state index in [4.69, 9.17) is 0 Å². The number of fused-ring (bicyclic) bond motifs is 3. The summed E-state index contributed by atoms with van der Waals surface area (Å²) in [6.45, 7) is 1.69. The first-order valence-corrected chi connectivity index (χ1v) is 10.5. The first-order chi connectivity index (χ1) is 14.8. The zero-order chi connectivity index (χ0) is 20.1. The van der Waals surface area contributed by atoms with Crippen LogP contribution in [0.15, 0.2) is 55.1 Å². The van der Waals surface area contributed by atoms with E-state index in [1.54, 1.807) is 12.5 Å².